The Hall–Kier alpha value is -4.15. The molecule has 286 valence electrons. The van der Waals surface area contributed by atoms with Crippen molar-refractivity contribution in [1.82, 2.24) is 30.2 Å². The van der Waals surface area contributed by atoms with E-state index in [-0.39, 0.29) is 25.7 Å². The second-order valence-electron chi connectivity index (χ2n) is 15.7. The van der Waals surface area contributed by atoms with Crippen LogP contribution in [0.5, 0.6) is 5.88 Å². The van der Waals surface area contributed by atoms with E-state index in [1.165, 1.54) is 18.1 Å². The minimum Gasteiger partial charge on any atom is -0.481 e. The van der Waals surface area contributed by atoms with E-state index in [0.717, 1.165) is 58.0 Å². The standard InChI is InChI=1S/C35H52N8O8S/c1-6-22-19-35(22,31(46)40-52(48,49)24-14-15-24)39-29(44)25-20-42(26-18-27(50-5)37-32(36-26)41-16-10-7-11-17-41)21-43(25)30(45)28(34(2,3)4)38-33(47)51-23-12-8-9-13-23/h6,18,22-25,28H,1,7-17,19-21H2,2-5H3,(H,38,47)(H,39,44)(H,40,46)/t22-,25+,28-,35-/m1/s1. The van der Waals surface area contributed by atoms with Crippen molar-refractivity contribution in [3.63, 3.8) is 0 Å². The molecule has 2 aliphatic heterocycles. The molecule has 3 aliphatic carbocycles. The van der Waals surface area contributed by atoms with Gasteiger partial charge in [0.1, 0.15) is 29.5 Å². The summed E-state index contributed by atoms with van der Waals surface area (Å²) < 4.78 is 38.8. The van der Waals surface area contributed by atoms with Crippen LogP contribution in [0.4, 0.5) is 16.6 Å². The number of hydrogen-bond donors (Lipinski definition) is 3. The summed E-state index contributed by atoms with van der Waals surface area (Å²) in [6, 6.07) is -0.593. The number of methoxy groups -OCH3 is 1. The second kappa shape index (κ2) is 14.7. The number of ether oxygens (including phenoxy) is 2. The molecule has 3 N–H and O–H groups in total. The molecule has 3 heterocycles. The highest BCUT2D eigenvalue weighted by atomic mass is 32.2. The number of nitrogens with one attached hydrogen (secondary N) is 3. The summed E-state index contributed by atoms with van der Waals surface area (Å²) in [7, 11) is -2.39. The zero-order valence-corrected chi connectivity index (χ0v) is 31.4. The number of hydrogen-bond acceptors (Lipinski definition) is 12. The largest absolute Gasteiger partial charge is 0.481 e. The third-order valence-corrected chi connectivity index (χ3v) is 12.5. The fraction of sp³-hybridized carbons (Fsp3) is 0.714. The van der Waals surface area contributed by atoms with Crippen LogP contribution in [0, 0.1) is 11.3 Å². The third-order valence-electron chi connectivity index (χ3n) is 10.7. The van der Waals surface area contributed by atoms with Gasteiger partial charge in [0.05, 0.1) is 25.6 Å². The molecule has 2 saturated heterocycles. The molecular weight excluding hydrogens is 693 g/mol. The molecular formula is C35H52N8O8S. The Balaban J connectivity index is 1.29. The fourth-order valence-corrected chi connectivity index (χ4v) is 8.67. The molecule has 52 heavy (non-hydrogen) atoms. The van der Waals surface area contributed by atoms with Gasteiger partial charge >= 0.3 is 6.09 Å². The predicted octanol–water partition coefficient (Wildman–Crippen LogP) is 2.20. The average molecular weight is 745 g/mol. The molecule has 4 amide bonds. The summed E-state index contributed by atoms with van der Waals surface area (Å²) in [6.07, 6.45) is 8.22. The molecule has 4 atom stereocenters. The van der Waals surface area contributed by atoms with Crippen LogP contribution < -0.4 is 29.9 Å². The number of nitrogens with zero attached hydrogens (tertiary/aromatic N) is 5. The van der Waals surface area contributed by atoms with E-state index in [2.05, 4.69) is 31.8 Å². The van der Waals surface area contributed by atoms with E-state index in [0.29, 0.717) is 30.5 Å². The lowest BCUT2D eigenvalue weighted by Gasteiger charge is -2.35. The molecule has 1 aromatic heterocycles. The molecule has 3 saturated carbocycles. The monoisotopic (exact) mass is 744 g/mol. The highest BCUT2D eigenvalue weighted by molar-refractivity contribution is 7.91. The topological polar surface area (TPSA) is 192 Å². The number of amides is 4. The number of aromatic nitrogens is 2. The molecule has 17 heteroatoms. The van der Waals surface area contributed by atoms with Gasteiger partial charge in [0.25, 0.3) is 5.91 Å². The van der Waals surface area contributed by atoms with Gasteiger partial charge in [-0.25, -0.2) is 13.2 Å². The molecule has 0 unspecified atom stereocenters. The molecule has 0 radical (unpaired) electrons. The first-order chi connectivity index (χ1) is 24.6. The summed E-state index contributed by atoms with van der Waals surface area (Å²) in [4.78, 5) is 70.2. The second-order valence-corrected chi connectivity index (χ2v) is 17.7. The predicted molar refractivity (Wildman–Crippen MR) is 192 cm³/mol. The molecule has 5 fully saturated rings. The van der Waals surface area contributed by atoms with E-state index >= 15 is 0 Å². The van der Waals surface area contributed by atoms with Gasteiger partial charge in [-0.15, -0.1) is 6.58 Å². The van der Waals surface area contributed by atoms with Crippen molar-refractivity contribution in [2.75, 3.05) is 43.2 Å². The van der Waals surface area contributed by atoms with Gasteiger partial charge in [-0.2, -0.15) is 9.97 Å². The van der Waals surface area contributed by atoms with Crippen LogP contribution in [0.25, 0.3) is 0 Å². The molecule has 0 aromatic carbocycles. The van der Waals surface area contributed by atoms with Crippen LogP contribution in [0.1, 0.15) is 85.0 Å². The van der Waals surface area contributed by atoms with E-state index in [1.807, 2.05) is 20.8 Å². The van der Waals surface area contributed by atoms with Crippen LogP contribution in [0.15, 0.2) is 18.7 Å². The van der Waals surface area contributed by atoms with E-state index in [4.69, 9.17) is 14.5 Å². The summed E-state index contributed by atoms with van der Waals surface area (Å²) in [5, 5.41) is 4.96. The van der Waals surface area contributed by atoms with Crippen LogP contribution in [-0.2, 0) is 29.1 Å². The highest BCUT2D eigenvalue weighted by Gasteiger charge is 2.62. The van der Waals surface area contributed by atoms with Crippen molar-refractivity contribution in [1.29, 1.82) is 0 Å². The lowest BCUT2D eigenvalue weighted by molar-refractivity contribution is -0.142. The lowest BCUT2D eigenvalue weighted by Crippen LogP contribution is -2.60. The molecule has 6 rings (SSSR count). The summed E-state index contributed by atoms with van der Waals surface area (Å²) in [6.45, 7) is 10.7. The van der Waals surface area contributed by atoms with E-state index in [1.54, 1.807) is 11.0 Å². The maximum absolute atomic E-state index is 14.6. The Morgan fingerprint density at radius 2 is 1.71 bits per heavy atom. The number of carbonyl (C=O) groups excluding carboxylic acids is 4. The Morgan fingerprint density at radius 3 is 2.31 bits per heavy atom. The maximum atomic E-state index is 14.6. The Morgan fingerprint density at radius 1 is 1.02 bits per heavy atom. The van der Waals surface area contributed by atoms with Crippen LogP contribution >= 0.6 is 0 Å². The molecule has 16 nitrogen and oxygen atoms in total. The van der Waals surface area contributed by atoms with Gasteiger partial charge in [-0.05, 0) is 69.6 Å². The minimum atomic E-state index is -3.89. The zero-order valence-electron chi connectivity index (χ0n) is 30.6. The first-order valence-electron chi connectivity index (χ1n) is 18.4. The van der Waals surface area contributed by atoms with Gasteiger partial charge in [-0.1, -0.05) is 26.8 Å². The highest BCUT2D eigenvalue weighted by Crippen LogP contribution is 2.45. The average Bonchev–Trinajstić information content (AvgIpc) is 3.99. The van der Waals surface area contributed by atoms with Crippen molar-refractivity contribution in [2.45, 2.75) is 114 Å². The molecule has 0 spiro atoms. The van der Waals surface area contributed by atoms with Crippen molar-refractivity contribution in [3.8, 4) is 5.88 Å². The van der Waals surface area contributed by atoms with Crippen molar-refractivity contribution >= 4 is 45.6 Å². The van der Waals surface area contributed by atoms with Gasteiger partial charge < -0.3 is 34.8 Å². The van der Waals surface area contributed by atoms with Gasteiger partial charge in [0.15, 0.2) is 0 Å². The number of alkyl carbamates (subject to hydrolysis) is 1. The number of carbonyl (C=O) groups is 4. The summed E-state index contributed by atoms with van der Waals surface area (Å²) in [5.41, 5.74) is -2.34. The number of sulfonamides is 1. The zero-order chi connectivity index (χ0) is 37.4. The maximum Gasteiger partial charge on any atom is 0.408 e. The fourth-order valence-electron chi connectivity index (χ4n) is 7.31. The van der Waals surface area contributed by atoms with Gasteiger partial charge in [0, 0.05) is 25.1 Å². The van der Waals surface area contributed by atoms with Gasteiger partial charge in [0.2, 0.25) is 33.7 Å². The van der Waals surface area contributed by atoms with Crippen molar-refractivity contribution < 1.29 is 37.1 Å². The lowest BCUT2D eigenvalue weighted by atomic mass is 9.85. The molecule has 1 aromatic rings. The van der Waals surface area contributed by atoms with Crippen LogP contribution in [0.3, 0.4) is 0 Å². The third kappa shape index (κ3) is 8.08. The SMILES string of the molecule is C=C[C@@H]1C[C@]1(NC(=O)[C@@H]1CN(c2cc(OC)nc(N3CCCCC3)n2)CN1C(=O)[C@@H](NC(=O)OC1CCCC1)C(C)(C)C)C(=O)NS(=O)(=O)C1CC1. The summed E-state index contributed by atoms with van der Waals surface area (Å²) in [5.74, 6) is -1.30. The van der Waals surface area contributed by atoms with Crippen LogP contribution in [0.2, 0.25) is 0 Å². The number of anilines is 2. The Kier molecular flexibility index (Phi) is 10.6. The minimum absolute atomic E-state index is 0.0165. The smallest absolute Gasteiger partial charge is 0.408 e. The Bertz CT molecular complexity index is 1670. The van der Waals surface area contributed by atoms with E-state index < -0.39 is 68.0 Å². The van der Waals surface area contributed by atoms with Crippen molar-refractivity contribution in [2.24, 2.45) is 11.3 Å². The van der Waals surface area contributed by atoms with Crippen LogP contribution in [-0.4, -0.2) is 109 Å². The number of rotatable bonds is 12. The van der Waals surface area contributed by atoms with Crippen molar-refractivity contribution in [3.05, 3.63) is 18.7 Å². The molecule has 5 aliphatic rings. The quantitative estimate of drug-likeness (QED) is 0.265. The first-order valence-corrected chi connectivity index (χ1v) is 19.9. The molecule has 0 bridgehead atoms. The Labute approximate surface area is 305 Å². The first kappa shape index (κ1) is 37.6. The van der Waals surface area contributed by atoms with E-state index in [9.17, 15) is 27.6 Å². The normalized spacial score (nSPS) is 25.7. The van der Waals surface area contributed by atoms with Gasteiger partial charge in [-0.3, -0.25) is 19.1 Å². The summed E-state index contributed by atoms with van der Waals surface area (Å²) >= 11 is 0. The number of piperidine rings is 1.